The summed E-state index contributed by atoms with van der Waals surface area (Å²) in [4.78, 5) is 10.6. The molecule has 1 aliphatic rings. The predicted molar refractivity (Wildman–Crippen MR) is 54.9 cm³/mol. The van der Waals surface area contributed by atoms with Crippen molar-refractivity contribution in [2.24, 2.45) is 5.92 Å². The van der Waals surface area contributed by atoms with Crippen LogP contribution in [0.25, 0.3) is 0 Å². The minimum Gasteiger partial charge on any atom is -0.481 e. The lowest BCUT2D eigenvalue weighted by Gasteiger charge is -2.00. The number of rotatable bonds is 2. The standard InChI is InChI=1S/C10H8Cl2O2/c11-8-2-1-5(3-9(8)12)6-4-7(6)10(13)14/h1-3,6-7H,4H2,(H,13,14)/t6-,7+/m0/s1. The van der Waals surface area contributed by atoms with Gasteiger partial charge in [-0.3, -0.25) is 4.79 Å². The average molecular weight is 231 g/mol. The van der Waals surface area contributed by atoms with E-state index < -0.39 is 5.97 Å². The molecular weight excluding hydrogens is 223 g/mol. The predicted octanol–water partition coefficient (Wildman–Crippen LogP) is 3.18. The number of carboxylic acid groups (broad SMARTS) is 1. The van der Waals surface area contributed by atoms with Crippen LogP contribution in [-0.4, -0.2) is 11.1 Å². The highest BCUT2D eigenvalue weighted by molar-refractivity contribution is 6.42. The molecule has 0 saturated heterocycles. The first kappa shape index (κ1) is 9.81. The van der Waals surface area contributed by atoms with Crippen LogP contribution < -0.4 is 0 Å². The van der Waals surface area contributed by atoms with Crippen LogP contribution in [0, 0.1) is 5.92 Å². The second-order valence-electron chi connectivity index (χ2n) is 3.46. The fourth-order valence-electron chi connectivity index (χ4n) is 1.58. The van der Waals surface area contributed by atoms with E-state index in [1.165, 1.54) is 0 Å². The summed E-state index contributed by atoms with van der Waals surface area (Å²) in [5, 5.41) is 9.74. The summed E-state index contributed by atoms with van der Waals surface area (Å²) in [6.07, 6.45) is 0.702. The minimum atomic E-state index is -0.735. The Morgan fingerprint density at radius 3 is 2.57 bits per heavy atom. The molecule has 0 bridgehead atoms. The van der Waals surface area contributed by atoms with Crippen molar-refractivity contribution < 1.29 is 9.90 Å². The molecular formula is C10H8Cl2O2. The molecule has 0 heterocycles. The molecule has 0 aliphatic heterocycles. The van der Waals surface area contributed by atoms with Crippen LogP contribution in [0.3, 0.4) is 0 Å². The van der Waals surface area contributed by atoms with Crippen LogP contribution in [0.5, 0.6) is 0 Å². The van der Waals surface area contributed by atoms with Crippen LogP contribution in [0.4, 0.5) is 0 Å². The van der Waals surface area contributed by atoms with Gasteiger partial charge < -0.3 is 5.11 Å². The molecule has 1 aliphatic carbocycles. The van der Waals surface area contributed by atoms with E-state index in [-0.39, 0.29) is 11.8 Å². The van der Waals surface area contributed by atoms with Crippen molar-refractivity contribution in [1.29, 1.82) is 0 Å². The van der Waals surface area contributed by atoms with Gasteiger partial charge >= 0.3 is 5.97 Å². The molecule has 1 fully saturated rings. The largest absolute Gasteiger partial charge is 0.481 e. The van der Waals surface area contributed by atoms with Crippen molar-refractivity contribution in [3.8, 4) is 0 Å². The molecule has 2 rings (SSSR count). The van der Waals surface area contributed by atoms with Crippen LogP contribution in [0.1, 0.15) is 17.9 Å². The molecule has 1 aromatic rings. The fraction of sp³-hybridized carbons (Fsp3) is 0.300. The zero-order valence-corrected chi connectivity index (χ0v) is 8.72. The second-order valence-corrected chi connectivity index (χ2v) is 4.27. The van der Waals surface area contributed by atoms with Gasteiger partial charge in [-0.15, -0.1) is 0 Å². The summed E-state index contributed by atoms with van der Waals surface area (Å²) < 4.78 is 0. The number of hydrogen-bond acceptors (Lipinski definition) is 1. The topological polar surface area (TPSA) is 37.3 Å². The van der Waals surface area contributed by atoms with Crippen molar-refractivity contribution in [3.63, 3.8) is 0 Å². The average Bonchev–Trinajstić information content (AvgIpc) is 2.89. The SMILES string of the molecule is O=C(O)[C@@H]1C[C@H]1c1ccc(Cl)c(Cl)c1. The second kappa shape index (κ2) is 3.44. The number of carbonyl (C=O) groups is 1. The van der Waals surface area contributed by atoms with Gasteiger partial charge in [0.15, 0.2) is 0 Å². The van der Waals surface area contributed by atoms with Crippen molar-refractivity contribution in [2.45, 2.75) is 12.3 Å². The van der Waals surface area contributed by atoms with Crippen molar-refractivity contribution in [3.05, 3.63) is 33.8 Å². The van der Waals surface area contributed by atoms with Crippen molar-refractivity contribution in [1.82, 2.24) is 0 Å². The van der Waals surface area contributed by atoms with Crippen LogP contribution in [-0.2, 0) is 4.79 Å². The van der Waals surface area contributed by atoms with E-state index in [4.69, 9.17) is 28.3 Å². The zero-order valence-electron chi connectivity index (χ0n) is 7.21. The first-order chi connectivity index (χ1) is 6.59. The lowest BCUT2D eigenvalue weighted by Crippen LogP contribution is -1.98. The third-order valence-corrected chi connectivity index (χ3v) is 3.22. The Bertz CT molecular complexity index is 390. The van der Waals surface area contributed by atoms with Gasteiger partial charge in [0, 0.05) is 0 Å². The van der Waals surface area contributed by atoms with Crippen molar-refractivity contribution in [2.75, 3.05) is 0 Å². The highest BCUT2D eigenvalue weighted by Gasteiger charge is 2.44. The van der Waals surface area contributed by atoms with E-state index in [0.717, 1.165) is 5.56 Å². The van der Waals surface area contributed by atoms with E-state index in [0.29, 0.717) is 16.5 Å². The first-order valence-corrected chi connectivity index (χ1v) is 5.03. The van der Waals surface area contributed by atoms with E-state index in [9.17, 15) is 4.79 Å². The first-order valence-electron chi connectivity index (χ1n) is 4.27. The molecule has 2 atom stereocenters. The van der Waals surface area contributed by atoms with Gasteiger partial charge in [-0.2, -0.15) is 0 Å². The minimum absolute atomic E-state index is 0.113. The molecule has 1 N–H and O–H groups in total. The van der Waals surface area contributed by atoms with Gasteiger partial charge in [-0.05, 0) is 30.0 Å². The van der Waals surface area contributed by atoms with Crippen LogP contribution in [0.15, 0.2) is 18.2 Å². The van der Waals surface area contributed by atoms with E-state index in [1.807, 2.05) is 6.07 Å². The third kappa shape index (κ3) is 1.72. The monoisotopic (exact) mass is 230 g/mol. The van der Waals surface area contributed by atoms with Crippen LogP contribution >= 0.6 is 23.2 Å². The van der Waals surface area contributed by atoms with Gasteiger partial charge in [0.1, 0.15) is 0 Å². The molecule has 0 spiro atoms. The Kier molecular flexibility index (Phi) is 2.41. The van der Waals surface area contributed by atoms with Gasteiger partial charge in [0.25, 0.3) is 0 Å². The summed E-state index contributed by atoms with van der Waals surface area (Å²) in [7, 11) is 0. The van der Waals surface area contributed by atoms with Gasteiger partial charge in [-0.1, -0.05) is 29.3 Å². The summed E-state index contributed by atoms with van der Waals surface area (Å²) >= 11 is 11.6. The number of carboxylic acids is 1. The number of benzene rings is 1. The summed E-state index contributed by atoms with van der Waals surface area (Å²) in [5.41, 5.74) is 0.965. The summed E-state index contributed by atoms with van der Waals surface area (Å²) in [5.74, 6) is -0.865. The molecule has 1 aromatic carbocycles. The molecule has 0 amide bonds. The van der Waals surface area contributed by atoms with Crippen molar-refractivity contribution >= 4 is 29.2 Å². The van der Waals surface area contributed by atoms with E-state index >= 15 is 0 Å². The fourth-order valence-corrected chi connectivity index (χ4v) is 1.89. The number of hydrogen-bond donors (Lipinski definition) is 1. The Morgan fingerprint density at radius 1 is 1.36 bits per heavy atom. The lowest BCUT2D eigenvalue weighted by atomic mass is 10.1. The van der Waals surface area contributed by atoms with Gasteiger partial charge in [-0.25, -0.2) is 0 Å². The maximum atomic E-state index is 10.6. The van der Waals surface area contributed by atoms with Gasteiger partial charge in [0.05, 0.1) is 16.0 Å². The third-order valence-electron chi connectivity index (χ3n) is 2.48. The molecule has 0 unspecified atom stereocenters. The lowest BCUT2D eigenvalue weighted by molar-refractivity contribution is -0.138. The highest BCUT2D eigenvalue weighted by atomic mass is 35.5. The number of halogens is 2. The molecule has 1 saturated carbocycles. The molecule has 14 heavy (non-hydrogen) atoms. The Hall–Kier alpha value is -0.730. The maximum Gasteiger partial charge on any atom is 0.307 e. The Morgan fingerprint density at radius 2 is 2.07 bits per heavy atom. The van der Waals surface area contributed by atoms with E-state index in [2.05, 4.69) is 0 Å². The molecule has 74 valence electrons. The normalized spacial score (nSPS) is 24.7. The van der Waals surface area contributed by atoms with Gasteiger partial charge in [0.2, 0.25) is 0 Å². The smallest absolute Gasteiger partial charge is 0.307 e. The van der Waals surface area contributed by atoms with Crippen LogP contribution in [0.2, 0.25) is 10.0 Å². The number of aliphatic carboxylic acids is 1. The molecule has 0 radical (unpaired) electrons. The molecule has 0 aromatic heterocycles. The Labute approximate surface area is 91.4 Å². The quantitative estimate of drug-likeness (QED) is 0.848. The maximum absolute atomic E-state index is 10.6. The Balaban J connectivity index is 2.20. The summed E-state index contributed by atoms with van der Waals surface area (Å²) in [6, 6.07) is 5.29. The molecule has 4 heteroatoms. The highest BCUT2D eigenvalue weighted by Crippen LogP contribution is 2.48. The van der Waals surface area contributed by atoms with E-state index in [1.54, 1.807) is 12.1 Å². The molecule has 2 nitrogen and oxygen atoms in total. The zero-order chi connectivity index (χ0) is 10.3. The summed E-state index contributed by atoms with van der Waals surface area (Å²) in [6.45, 7) is 0.